The minimum atomic E-state index is -0.134. The molecule has 0 fully saturated rings. The summed E-state index contributed by atoms with van der Waals surface area (Å²) >= 11 is 0. The van der Waals surface area contributed by atoms with Crippen LogP contribution in [0.5, 0.6) is 0 Å². The van der Waals surface area contributed by atoms with Crippen LogP contribution in [0.2, 0.25) is 0 Å². The zero-order valence-corrected chi connectivity index (χ0v) is 33.8. The normalized spacial score (nSPS) is 17.1. The summed E-state index contributed by atoms with van der Waals surface area (Å²) in [6, 6.07) is 48.4. The van der Waals surface area contributed by atoms with Gasteiger partial charge < -0.3 is 18.6 Å². The van der Waals surface area contributed by atoms with Crippen molar-refractivity contribution in [2.75, 3.05) is 4.90 Å². The molecule has 1 aliphatic heterocycles. The van der Waals surface area contributed by atoms with Gasteiger partial charge in [0.1, 0.15) is 23.3 Å². The van der Waals surface area contributed by atoms with E-state index in [1.54, 1.807) is 0 Å². The fourth-order valence-corrected chi connectivity index (χ4v) is 11.4. The van der Waals surface area contributed by atoms with Gasteiger partial charge in [0.05, 0.1) is 50.9 Å². The molecule has 2 atom stereocenters. The van der Waals surface area contributed by atoms with Crippen molar-refractivity contribution in [2.45, 2.75) is 37.6 Å². The van der Waals surface area contributed by atoms with E-state index in [4.69, 9.17) is 0 Å². The van der Waals surface area contributed by atoms with Crippen molar-refractivity contribution in [1.29, 1.82) is 10.5 Å². The number of fused-ring (bicyclic) bond motifs is 12. The SMILES string of the molecule is N#Cc1c(N2c3ccccc3C3C=CC=CC32)c(-n2c3c(c4ccccc42)CCC=C3)c(C#N)c(-n2c3ccccc3c3ccccc32)c1-n1c2c(c3ccccc31)CCC=C2. The third-order valence-electron chi connectivity index (χ3n) is 13.8. The van der Waals surface area contributed by atoms with Gasteiger partial charge in [-0.05, 0) is 84.9 Å². The van der Waals surface area contributed by atoms with Crippen LogP contribution in [-0.2, 0) is 12.8 Å². The number of nitriles is 2. The molecule has 6 aromatic carbocycles. The number of benzene rings is 6. The van der Waals surface area contributed by atoms with Crippen LogP contribution in [-0.4, -0.2) is 19.7 Å². The Hall–Kier alpha value is -8.06. The molecule has 0 bridgehead atoms. The number of nitrogens with zero attached hydrogens (tertiary/aromatic N) is 6. The van der Waals surface area contributed by atoms with E-state index in [9.17, 15) is 10.5 Å². The summed E-state index contributed by atoms with van der Waals surface area (Å²) in [5.41, 5.74) is 14.7. The molecule has 4 heterocycles. The first-order chi connectivity index (χ1) is 30.8. The highest BCUT2D eigenvalue weighted by atomic mass is 15.2. The third-order valence-corrected chi connectivity index (χ3v) is 13.8. The van der Waals surface area contributed by atoms with Crippen molar-refractivity contribution >= 4 is 67.1 Å². The van der Waals surface area contributed by atoms with Crippen LogP contribution in [0.4, 0.5) is 11.4 Å². The first-order valence-electron chi connectivity index (χ1n) is 21.6. The summed E-state index contributed by atoms with van der Waals surface area (Å²) in [7, 11) is 0. The highest BCUT2D eigenvalue weighted by Gasteiger charge is 2.43. The van der Waals surface area contributed by atoms with Gasteiger partial charge in [0, 0.05) is 44.5 Å². The van der Waals surface area contributed by atoms with E-state index >= 15 is 0 Å². The molecule has 62 heavy (non-hydrogen) atoms. The molecule has 3 aromatic heterocycles. The van der Waals surface area contributed by atoms with E-state index in [2.05, 4.69) is 201 Å². The second-order valence-electron chi connectivity index (χ2n) is 16.8. The minimum absolute atomic E-state index is 0.0555. The second-order valence-corrected chi connectivity index (χ2v) is 16.8. The lowest BCUT2D eigenvalue weighted by molar-refractivity contribution is 0.741. The molecule has 0 amide bonds. The van der Waals surface area contributed by atoms with Crippen LogP contribution < -0.4 is 4.90 Å². The van der Waals surface area contributed by atoms with Crippen LogP contribution >= 0.6 is 0 Å². The molecular weight excluding hydrogens is 757 g/mol. The van der Waals surface area contributed by atoms with Gasteiger partial charge in [-0.2, -0.15) is 10.5 Å². The highest BCUT2D eigenvalue weighted by molar-refractivity contribution is 6.11. The van der Waals surface area contributed by atoms with E-state index in [-0.39, 0.29) is 12.0 Å². The molecule has 2 unspecified atom stereocenters. The molecule has 3 aliphatic carbocycles. The van der Waals surface area contributed by atoms with Crippen molar-refractivity contribution in [3.05, 3.63) is 197 Å². The zero-order valence-electron chi connectivity index (χ0n) is 33.8. The molecule has 0 saturated carbocycles. The van der Waals surface area contributed by atoms with Gasteiger partial charge in [-0.1, -0.05) is 127 Å². The van der Waals surface area contributed by atoms with Crippen molar-refractivity contribution in [2.24, 2.45) is 0 Å². The maximum absolute atomic E-state index is 12.3. The molecule has 292 valence electrons. The molecule has 6 nitrogen and oxygen atoms in total. The van der Waals surface area contributed by atoms with Crippen molar-refractivity contribution in [3.8, 4) is 29.2 Å². The number of para-hydroxylation sites is 5. The Morgan fingerprint density at radius 2 is 0.919 bits per heavy atom. The molecule has 4 aliphatic rings. The molecular formula is C56H38N6. The fourth-order valence-electron chi connectivity index (χ4n) is 11.4. The lowest BCUT2D eigenvalue weighted by Gasteiger charge is -2.34. The van der Waals surface area contributed by atoms with Crippen molar-refractivity contribution in [1.82, 2.24) is 13.7 Å². The van der Waals surface area contributed by atoms with E-state index in [0.29, 0.717) is 28.2 Å². The smallest absolute Gasteiger partial charge is 0.104 e. The molecule has 0 radical (unpaired) electrons. The summed E-state index contributed by atoms with van der Waals surface area (Å²) in [6.07, 6.45) is 21.4. The maximum Gasteiger partial charge on any atom is 0.104 e. The summed E-state index contributed by atoms with van der Waals surface area (Å²) in [6.45, 7) is 0. The largest absolute Gasteiger partial charge is 0.330 e. The van der Waals surface area contributed by atoms with Crippen molar-refractivity contribution in [3.63, 3.8) is 0 Å². The van der Waals surface area contributed by atoms with Gasteiger partial charge in [0.2, 0.25) is 0 Å². The van der Waals surface area contributed by atoms with Gasteiger partial charge in [0.15, 0.2) is 0 Å². The Labute approximate surface area is 358 Å². The summed E-state index contributed by atoms with van der Waals surface area (Å²) < 4.78 is 6.90. The first-order valence-corrected chi connectivity index (χ1v) is 21.6. The molecule has 0 N–H and O–H groups in total. The molecule has 13 rings (SSSR count). The Morgan fingerprint density at radius 1 is 0.468 bits per heavy atom. The molecule has 0 spiro atoms. The number of allylic oxidation sites excluding steroid dienone is 4. The van der Waals surface area contributed by atoms with E-state index in [1.165, 1.54) is 22.1 Å². The average molecular weight is 795 g/mol. The first kappa shape index (κ1) is 34.8. The Kier molecular flexibility index (Phi) is 7.41. The number of rotatable bonds is 4. The monoisotopic (exact) mass is 794 g/mol. The lowest BCUT2D eigenvalue weighted by Crippen LogP contribution is -2.31. The van der Waals surface area contributed by atoms with Crippen LogP contribution in [0.25, 0.3) is 72.8 Å². The second kappa shape index (κ2) is 13.2. The Balaban J connectivity index is 1.32. The molecule has 6 heteroatoms. The van der Waals surface area contributed by atoms with E-state index in [1.807, 2.05) is 0 Å². The predicted octanol–water partition coefficient (Wildman–Crippen LogP) is 13.1. The summed E-state index contributed by atoms with van der Waals surface area (Å²) in [5, 5.41) is 29.1. The lowest BCUT2D eigenvalue weighted by atomic mass is 9.91. The number of hydrogen-bond donors (Lipinski definition) is 0. The van der Waals surface area contributed by atoms with E-state index in [0.717, 1.165) is 86.7 Å². The van der Waals surface area contributed by atoms with Gasteiger partial charge >= 0.3 is 0 Å². The number of hydrogen-bond acceptors (Lipinski definition) is 3. The quantitative estimate of drug-likeness (QED) is 0.178. The standard InChI is InChI=1S/C56H38N6/c57-33-43-53(59-45-25-9-1-17-35(45)36-18-2-10-26-46(36)59)54(60-47-27-11-3-19-37(47)38-20-4-12-28-48(38)60)44(34-58)56(62-51-31-15-7-23-41(51)42-24-8-16-32-52(42)62)55(43)61-49-29-13-5-21-39(49)40-22-6-14-30-50(40)61/h1-3,5,7-19,21,23-32,35,45H,4,6,20,22H2. The predicted molar refractivity (Wildman–Crippen MR) is 252 cm³/mol. The van der Waals surface area contributed by atoms with Crippen LogP contribution in [0.15, 0.2) is 158 Å². The van der Waals surface area contributed by atoms with Gasteiger partial charge in [-0.25, -0.2) is 0 Å². The van der Waals surface area contributed by atoms with Crippen molar-refractivity contribution < 1.29 is 0 Å². The van der Waals surface area contributed by atoms with Gasteiger partial charge in [0.25, 0.3) is 0 Å². The fraction of sp³-hybridized carbons (Fsp3) is 0.107. The van der Waals surface area contributed by atoms with Crippen LogP contribution in [0, 0.1) is 22.7 Å². The number of aromatic nitrogens is 3. The molecule has 0 saturated heterocycles. The van der Waals surface area contributed by atoms with Crippen LogP contribution in [0.3, 0.4) is 0 Å². The highest BCUT2D eigenvalue weighted by Crippen LogP contribution is 2.55. The summed E-state index contributed by atoms with van der Waals surface area (Å²) in [4.78, 5) is 2.38. The Bertz CT molecular complexity index is 3590. The number of anilines is 2. The average Bonchev–Trinajstić information content (AvgIpc) is 4.06. The summed E-state index contributed by atoms with van der Waals surface area (Å²) in [5.74, 6) is 0.0555. The molecule has 9 aromatic rings. The topological polar surface area (TPSA) is 65.6 Å². The van der Waals surface area contributed by atoms with E-state index < -0.39 is 0 Å². The van der Waals surface area contributed by atoms with Gasteiger partial charge in [-0.3, -0.25) is 0 Å². The minimum Gasteiger partial charge on any atom is -0.330 e. The third kappa shape index (κ3) is 4.56. The zero-order chi connectivity index (χ0) is 41.1. The Morgan fingerprint density at radius 3 is 1.50 bits per heavy atom. The maximum atomic E-state index is 12.3. The number of aryl methyl sites for hydroxylation is 2. The van der Waals surface area contributed by atoms with Crippen LogP contribution in [0.1, 0.15) is 58.0 Å². The van der Waals surface area contributed by atoms with Gasteiger partial charge in [-0.15, -0.1) is 0 Å².